The summed E-state index contributed by atoms with van der Waals surface area (Å²) in [5.74, 6) is -0.900. The van der Waals surface area contributed by atoms with E-state index in [0.717, 1.165) is 17.5 Å². The molecule has 0 aliphatic heterocycles. The topological polar surface area (TPSA) is 84.5 Å². The summed E-state index contributed by atoms with van der Waals surface area (Å²) in [6.07, 6.45) is 0.860. The Morgan fingerprint density at radius 1 is 0.893 bits per heavy atom. The number of esters is 1. The first-order chi connectivity index (χ1) is 13.5. The predicted octanol–water partition coefficient (Wildman–Crippen LogP) is 2.79. The van der Waals surface area contributed by atoms with Gasteiger partial charge in [-0.3, -0.25) is 14.4 Å². The van der Waals surface area contributed by atoms with E-state index in [4.69, 9.17) is 4.74 Å². The number of hydrogen-bond acceptors (Lipinski definition) is 4. The van der Waals surface area contributed by atoms with Crippen molar-refractivity contribution in [3.05, 3.63) is 60.2 Å². The zero-order valence-electron chi connectivity index (χ0n) is 16.2. The van der Waals surface area contributed by atoms with Crippen molar-refractivity contribution in [2.45, 2.75) is 20.3 Å². The third kappa shape index (κ3) is 7.23. The van der Waals surface area contributed by atoms with E-state index in [2.05, 4.69) is 24.5 Å². The minimum absolute atomic E-state index is 0.293. The molecular weight excluding hydrogens is 356 g/mol. The third-order valence-corrected chi connectivity index (χ3v) is 4.06. The molecule has 0 aliphatic rings. The number of rotatable bonds is 9. The van der Waals surface area contributed by atoms with Gasteiger partial charge in [-0.2, -0.15) is 0 Å². The molecule has 148 valence electrons. The fourth-order valence-corrected chi connectivity index (χ4v) is 2.45. The van der Waals surface area contributed by atoms with Gasteiger partial charge in [0, 0.05) is 12.1 Å². The number of hydrogen-bond donors (Lipinski definition) is 2. The van der Waals surface area contributed by atoms with Crippen molar-refractivity contribution in [2.75, 3.05) is 19.7 Å². The average molecular weight is 382 g/mol. The van der Waals surface area contributed by atoms with Crippen LogP contribution < -0.4 is 10.6 Å². The van der Waals surface area contributed by atoms with Gasteiger partial charge in [-0.05, 0) is 35.6 Å². The first-order valence-electron chi connectivity index (χ1n) is 9.31. The van der Waals surface area contributed by atoms with Crippen molar-refractivity contribution < 1.29 is 19.1 Å². The van der Waals surface area contributed by atoms with E-state index in [1.807, 2.05) is 42.5 Å². The molecule has 2 aromatic carbocycles. The molecule has 6 nitrogen and oxygen atoms in total. The molecule has 0 fully saturated rings. The molecule has 2 N–H and O–H groups in total. The molecule has 6 heteroatoms. The summed E-state index contributed by atoms with van der Waals surface area (Å²) in [5.41, 5.74) is 2.50. The molecule has 0 spiro atoms. The van der Waals surface area contributed by atoms with Crippen molar-refractivity contribution in [3.63, 3.8) is 0 Å². The fraction of sp³-hybridized carbons (Fsp3) is 0.318. The fourth-order valence-electron chi connectivity index (χ4n) is 2.45. The van der Waals surface area contributed by atoms with Crippen molar-refractivity contribution in [2.24, 2.45) is 5.92 Å². The normalized spacial score (nSPS) is 10.4. The van der Waals surface area contributed by atoms with Crippen LogP contribution in [-0.2, 0) is 14.3 Å². The lowest BCUT2D eigenvalue weighted by Gasteiger charge is -2.09. The van der Waals surface area contributed by atoms with Gasteiger partial charge in [0.15, 0.2) is 6.61 Å². The largest absolute Gasteiger partial charge is 0.454 e. The molecule has 2 amide bonds. The molecule has 2 rings (SSSR count). The van der Waals surface area contributed by atoms with Crippen LogP contribution >= 0.6 is 0 Å². The van der Waals surface area contributed by atoms with Crippen LogP contribution in [0.5, 0.6) is 0 Å². The van der Waals surface area contributed by atoms with Crippen LogP contribution in [0.15, 0.2) is 54.6 Å². The molecule has 0 aromatic heterocycles. The summed E-state index contributed by atoms with van der Waals surface area (Å²) in [6.45, 7) is 4.02. The quantitative estimate of drug-likeness (QED) is 0.653. The highest BCUT2D eigenvalue weighted by molar-refractivity contribution is 5.96. The maximum absolute atomic E-state index is 12.1. The van der Waals surface area contributed by atoms with E-state index in [9.17, 15) is 14.4 Å². The molecular formula is C22H26N2O4. The molecule has 0 atom stereocenters. The Morgan fingerprint density at radius 3 is 2.18 bits per heavy atom. The Kier molecular flexibility index (Phi) is 8.21. The van der Waals surface area contributed by atoms with Crippen molar-refractivity contribution in [3.8, 4) is 11.1 Å². The first-order valence-corrected chi connectivity index (χ1v) is 9.31. The minimum Gasteiger partial charge on any atom is -0.454 e. The van der Waals surface area contributed by atoms with E-state index >= 15 is 0 Å². The number of carbonyl (C=O) groups is 3. The van der Waals surface area contributed by atoms with Crippen LogP contribution in [0.3, 0.4) is 0 Å². The van der Waals surface area contributed by atoms with Crippen molar-refractivity contribution >= 4 is 17.8 Å². The monoisotopic (exact) mass is 382 g/mol. The zero-order chi connectivity index (χ0) is 20.4. The van der Waals surface area contributed by atoms with Gasteiger partial charge in [-0.1, -0.05) is 56.3 Å². The van der Waals surface area contributed by atoms with Crippen LogP contribution in [-0.4, -0.2) is 37.5 Å². The highest BCUT2D eigenvalue weighted by atomic mass is 16.5. The molecule has 0 saturated carbocycles. The van der Waals surface area contributed by atoms with Gasteiger partial charge in [-0.25, -0.2) is 0 Å². The van der Waals surface area contributed by atoms with Gasteiger partial charge in [0.25, 0.3) is 11.8 Å². The summed E-state index contributed by atoms with van der Waals surface area (Å²) < 4.78 is 4.86. The van der Waals surface area contributed by atoms with Crippen LogP contribution in [0.4, 0.5) is 0 Å². The smallest absolute Gasteiger partial charge is 0.325 e. The van der Waals surface area contributed by atoms with Gasteiger partial charge in [0.1, 0.15) is 6.54 Å². The summed E-state index contributed by atoms with van der Waals surface area (Å²) in [5, 5.41) is 5.17. The SMILES string of the molecule is CC(C)CCNC(=O)COC(=O)CNC(=O)c1ccc(-c2ccccc2)cc1. The van der Waals surface area contributed by atoms with Gasteiger partial charge in [-0.15, -0.1) is 0 Å². The second-order valence-electron chi connectivity index (χ2n) is 6.82. The van der Waals surface area contributed by atoms with Gasteiger partial charge < -0.3 is 15.4 Å². The maximum Gasteiger partial charge on any atom is 0.325 e. The second-order valence-corrected chi connectivity index (χ2v) is 6.82. The number of amides is 2. The van der Waals surface area contributed by atoms with Gasteiger partial charge in [0.05, 0.1) is 0 Å². The van der Waals surface area contributed by atoms with Crippen LogP contribution in [0.25, 0.3) is 11.1 Å². The molecule has 0 unspecified atom stereocenters. The Labute approximate surface area is 165 Å². The Hall–Kier alpha value is -3.15. The van der Waals surface area contributed by atoms with E-state index < -0.39 is 5.97 Å². The lowest BCUT2D eigenvalue weighted by Crippen LogP contribution is -2.34. The maximum atomic E-state index is 12.1. The summed E-state index contributed by atoms with van der Waals surface area (Å²) >= 11 is 0. The molecule has 0 bridgehead atoms. The lowest BCUT2D eigenvalue weighted by molar-refractivity contribution is -0.147. The number of benzene rings is 2. The molecule has 28 heavy (non-hydrogen) atoms. The highest BCUT2D eigenvalue weighted by Gasteiger charge is 2.11. The standard InChI is InChI=1S/C22H26N2O4/c1-16(2)12-13-23-20(25)15-28-21(26)14-24-22(27)19-10-8-18(9-11-19)17-6-4-3-5-7-17/h3-11,16H,12-15H2,1-2H3,(H,23,25)(H,24,27). The summed E-state index contributed by atoms with van der Waals surface area (Å²) in [7, 11) is 0. The third-order valence-electron chi connectivity index (χ3n) is 4.06. The van der Waals surface area contributed by atoms with E-state index in [1.165, 1.54) is 0 Å². The van der Waals surface area contributed by atoms with Crippen LogP contribution in [0, 0.1) is 5.92 Å². The summed E-state index contributed by atoms with van der Waals surface area (Å²) in [4.78, 5) is 35.4. The zero-order valence-corrected chi connectivity index (χ0v) is 16.2. The number of ether oxygens (including phenoxy) is 1. The van der Waals surface area contributed by atoms with Crippen LogP contribution in [0.2, 0.25) is 0 Å². The van der Waals surface area contributed by atoms with Crippen molar-refractivity contribution in [1.29, 1.82) is 0 Å². The molecule has 0 saturated heterocycles. The molecule has 0 aliphatic carbocycles. The van der Waals surface area contributed by atoms with Gasteiger partial charge in [0.2, 0.25) is 0 Å². The van der Waals surface area contributed by atoms with Crippen LogP contribution in [0.1, 0.15) is 30.6 Å². The van der Waals surface area contributed by atoms with E-state index in [1.54, 1.807) is 12.1 Å². The average Bonchev–Trinajstić information content (AvgIpc) is 2.71. The predicted molar refractivity (Wildman–Crippen MR) is 108 cm³/mol. The first kappa shape index (κ1) is 21.2. The Balaban J connectivity index is 1.73. The lowest BCUT2D eigenvalue weighted by atomic mass is 10.0. The summed E-state index contributed by atoms with van der Waals surface area (Å²) in [6, 6.07) is 16.9. The van der Waals surface area contributed by atoms with E-state index in [-0.39, 0.29) is 25.0 Å². The number of nitrogens with one attached hydrogen (secondary N) is 2. The molecule has 0 heterocycles. The molecule has 2 aromatic rings. The van der Waals surface area contributed by atoms with Gasteiger partial charge >= 0.3 is 5.97 Å². The number of carbonyl (C=O) groups excluding carboxylic acids is 3. The molecule has 0 radical (unpaired) electrons. The Bertz CT molecular complexity index is 786. The Morgan fingerprint density at radius 2 is 1.54 bits per heavy atom. The second kappa shape index (κ2) is 10.9. The minimum atomic E-state index is -0.659. The highest BCUT2D eigenvalue weighted by Crippen LogP contribution is 2.19. The van der Waals surface area contributed by atoms with E-state index in [0.29, 0.717) is 18.0 Å². The van der Waals surface area contributed by atoms with Crippen molar-refractivity contribution in [1.82, 2.24) is 10.6 Å².